The summed E-state index contributed by atoms with van der Waals surface area (Å²) in [6, 6.07) is 6.96. The molecule has 1 aliphatic rings. The maximum Gasteiger partial charge on any atom is 0.0661 e. The minimum atomic E-state index is 0.307. The number of hydrogen-bond acceptors (Lipinski definition) is 2. The van der Waals surface area contributed by atoms with Crippen molar-refractivity contribution in [2.45, 2.75) is 45.6 Å². The highest BCUT2D eigenvalue weighted by Crippen LogP contribution is 2.29. The van der Waals surface area contributed by atoms with Gasteiger partial charge in [0.05, 0.1) is 12.6 Å². The predicted octanol–water partition coefficient (Wildman–Crippen LogP) is 3.77. The number of hydrogen-bond donors (Lipinski definition) is 1. The molecule has 0 aromatic heterocycles. The third-order valence-corrected chi connectivity index (χ3v) is 4.33. The van der Waals surface area contributed by atoms with Crippen molar-refractivity contribution in [3.63, 3.8) is 0 Å². The topological polar surface area (TPSA) is 21.3 Å². The second-order valence-corrected chi connectivity index (χ2v) is 5.86. The Bertz CT molecular complexity index is 398. The second-order valence-electron chi connectivity index (χ2n) is 5.86. The van der Waals surface area contributed by atoms with Crippen LogP contribution in [0.5, 0.6) is 0 Å². The van der Waals surface area contributed by atoms with Crippen LogP contribution < -0.4 is 5.32 Å². The molecule has 0 spiro atoms. The third-order valence-electron chi connectivity index (χ3n) is 4.33. The summed E-state index contributed by atoms with van der Waals surface area (Å²) >= 11 is 0. The molecule has 0 aliphatic heterocycles. The van der Waals surface area contributed by atoms with Crippen LogP contribution in [0.1, 0.15) is 48.4 Å². The number of rotatable bonds is 7. The van der Waals surface area contributed by atoms with Gasteiger partial charge in [-0.3, -0.25) is 0 Å². The number of nitrogens with one attached hydrogen (secondary N) is 1. The summed E-state index contributed by atoms with van der Waals surface area (Å²) in [5.74, 6) is 0.939. The van der Waals surface area contributed by atoms with Crippen molar-refractivity contribution in [1.29, 1.82) is 0 Å². The van der Waals surface area contributed by atoms with Gasteiger partial charge in [-0.1, -0.05) is 43.0 Å². The van der Waals surface area contributed by atoms with Crippen molar-refractivity contribution >= 4 is 0 Å². The van der Waals surface area contributed by atoms with E-state index in [2.05, 4.69) is 37.4 Å². The summed E-state index contributed by atoms with van der Waals surface area (Å²) < 4.78 is 5.87. The highest BCUT2D eigenvalue weighted by atomic mass is 16.5. The van der Waals surface area contributed by atoms with Crippen LogP contribution in [0.4, 0.5) is 0 Å². The van der Waals surface area contributed by atoms with Gasteiger partial charge in [0.1, 0.15) is 0 Å². The maximum absolute atomic E-state index is 5.87. The molecule has 0 bridgehead atoms. The molecule has 1 N–H and O–H groups in total. The third kappa shape index (κ3) is 4.05. The van der Waals surface area contributed by atoms with Crippen LogP contribution in [0.25, 0.3) is 0 Å². The van der Waals surface area contributed by atoms with Crippen molar-refractivity contribution in [2.24, 2.45) is 5.92 Å². The summed E-state index contributed by atoms with van der Waals surface area (Å²) in [5, 5.41) is 3.37. The van der Waals surface area contributed by atoms with Gasteiger partial charge in [0.15, 0.2) is 0 Å². The molecule has 106 valence electrons. The van der Waals surface area contributed by atoms with E-state index in [4.69, 9.17) is 4.74 Å². The minimum absolute atomic E-state index is 0.307. The van der Waals surface area contributed by atoms with Gasteiger partial charge in [0.25, 0.3) is 0 Å². The van der Waals surface area contributed by atoms with E-state index in [-0.39, 0.29) is 0 Å². The maximum atomic E-state index is 5.87. The molecule has 0 heterocycles. The van der Waals surface area contributed by atoms with Gasteiger partial charge >= 0.3 is 0 Å². The highest BCUT2D eigenvalue weighted by molar-refractivity contribution is 5.32. The van der Waals surface area contributed by atoms with E-state index < -0.39 is 0 Å². The molecular weight excluding hydrogens is 234 g/mol. The van der Waals surface area contributed by atoms with Crippen molar-refractivity contribution in [3.05, 3.63) is 34.9 Å². The Labute approximate surface area is 117 Å². The molecule has 2 rings (SSSR count). The molecule has 0 radical (unpaired) electrons. The molecule has 2 heteroatoms. The van der Waals surface area contributed by atoms with E-state index in [0.717, 1.165) is 19.1 Å². The zero-order chi connectivity index (χ0) is 13.7. The molecule has 1 aromatic carbocycles. The Balaban J connectivity index is 1.81. The Morgan fingerprint density at radius 2 is 2.11 bits per heavy atom. The van der Waals surface area contributed by atoms with Gasteiger partial charge in [-0.2, -0.15) is 0 Å². The Morgan fingerprint density at radius 1 is 1.32 bits per heavy atom. The molecule has 1 unspecified atom stereocenters. The highest BCUT2D eigenvalue weighted by Gasteiger charge is 2.17. The first kappa shape index (κ1) is 14.5. The Kier molecular flexibility index (Phi) is 5.41. The molecular formula is C17H27NO. The molecule has 0 saturated heterocycles. The predicted molar refractivity (Wildman–Crippen MR) is 80.5 cm³/mol. The van der Waals surface area contributed by atoms with Crippen molar-refractivity contribution < 1.29 is 4.74 Å². The van der Waals surface area contributed by atoms with E-state index in [9.17, 15) is 0 Å². The first-order valence-electron chi connectivity index (χ1n) is 7.53. The van der Waals surface area contributed by atoms with Gasteiger partial charge in [0, 0.05) is 6.61 Å². The van der Waals surface area contributed by atoms with Crippen molar-refractivity contribution in [3.8, 4) is 0 Å². The summed E-state index contributed by atoms with van der Waals surface area (Å²) in [5.41, 5.74) is 4.03. The SMILES string of the molecule is CNC(COCCC1CCC1)c1ccc(C)cc1C. The van der Waals surface area contributed by atoms with E-state index in [1.807, 2.05) is 7.05 Å². The Morgan fingerprint density at radius 3 is 2.68 bits per heavy atom. The fourth-order valence-electron chi connectivity index (χ4n) is 2.78. The standard InChI is InChI=1S/C17H27NO/c1-13-7-8-16(14(2)11-13)17(18-3)12-19-10-9-15-5-4-6-15/h7-8,11,15,17-18H,4-6,9-10,12H2,1-3H3. The first-order valence-corrected chi connectivity index (χ1v) is 7.53. The first-order chi connectivity index (χ1) is 9.20. The van der Waals surface area contributed by atoms with Crippen LogP contribution in [0.15, 0.2) is 18.2 Å². The van der Waals surface area contributed by atoms with E-state index >= 15 is 0 Å². The van der Waals surface area contributed by atoms with Gasteiger partial charge in [-0.05, 0) is 44.4 Å². The summed E-state index contributed by atoms with van der Waals surface area (Å²) in [7, 11) is 2.01. The van der Waals surface area contributed by atoms with Gasteiger partial charge in [-0.25, -0.2) is 0 Å². The van der Waals surface area contributed by atoms with E-state index in [1.54, 1.807) is 0 Å². The normalized spacial score (nSPS) is 17.2. The summed E-state index contributed by atoms with van der Waals surface area (Å²) in [4.78, 5) is 0. The number of aryl methyl sites for hydroxylation is 2. The molecule has 1 atom stereocenters. The Hall–Kier alpha value is -0.860. The van der Waals surface area contributed by atoms with Crippen LogP contribution in [0.3, 0.4) is 0 Å². The zero-order valence-electron chi connectivity index (χ0n) is 12.5. The minimum Gasteiger partial charge on any atom is -0.379 e. The zero-order valence-corrected chi connectivity index (χ0v) is 12.5. The van der Waals surface area contributed by atoms with E-state index in [0.29, 0.717) is 6.04 Å². The molecule has 1 fully saturated rings. The molecule has 19 heavy (non-hydrogen) atoms. The van der Waals surface area contributed by atoms with Gasteiger partial charge < -0.3 is 10.1 Å². The second kappa shape index (κ2) is 7.06. The number of likely N-dealkylation sites (N-methyl/N-ethyl adjacent to an activating group) is 1. The lowest BCUT2D eigenvalue weighted by Crippen LogP contribution is -2.23. The lowest BCUT2D eigenvalue weighted by Gasteiger charge is -2.25. The van der Waals surface area contributed by atoms with Crippen LogP contribution in [-0.2, 0) is 4.74 Å². The van der Waals surface area contributed by atoms with Crippen LogP contribution >= 0.6 is 0 Å². The molecule has 1 aromatic rings. The van der Waals surface area contributed by atoms with Crippen molar-refractivity contribution in [2.75, 3.05) is 20.3 Å². The quantitative estimate of drug-likeness (QED) is 0.754. The molecule has 1 aliphatic carbocycles. The molecule has 1 saturated carbocycles. The smallest absolute Gasteiger partial charge is 0.0661 e. The summed E-state index contributed by atoms with van der Waals surface area (Å²) in [6.45, 7) is 6.00. The van der Waals surface area contributed by atoms with Crippen LogP contribution in [0, 0.1) is 19.8 Å². The number of benzene rings is 1. The van der Waals surface area contributed by atoms with E-state index in [1.165, 1.54) is 42.4 Å². The van der Waals surface area contributed by atoms with Gasteiger partial charge in [-0.15, -0.1) is 0 Å². The average molecular weight is 261 g/mol. The van der Waals surface area contributed by atoms with Crippen LogP contribution in [0.2, 0.25) is 0 Å². The average Bonchev–Trinajstić information content (AvgIpc) is 2.33. The van der Waals surface area contributed by atoms with Crippen molar-refractivity contribution in [1.82, 2.24) is 5.32 Å². The molecule has 2 nitrogen and oxygen atoms in total. The summed E-state index contributed by atoms with van der Waals surface area (Å²) in [6.07, 6.45) is 5.49. The van der Waals surface area contributed by atoms with Gasteiger partial charge in [0.2, 0.25) is 0 Å². The fraction of sp³-hybridized carbons (Fsp3) is 0.647. The monoisotopic (exact) mass is 261 g/mol. The largest absolute Gasteiger partial charge is 0.379 e. The fourth-order valence-corrected chi connectivity index (χ4v) is 2.78. The molecule has 0 amide bonds. The lowest BCUT2D eigenvalue weighted by molar-refractivity contribution is 0.0903. The number of ether oxygens (including phenoxy) is 1. The van der Waals surface area contributed by atoms with Crippen LogP contribution in [-0.4, -0.2) is 20.3 Å². The lowest BCUT2D eigenvalue weighted by atomic mass is 9.83.